The molecule has 0 spiro atoms. The molecule has 1 fully saturated rings. The molecule has 0 aromatic carbocycles. The maximum absolute atomic E-state index is 11.6. The molecule has 0 atom stereocenters. The third-order valence-electron chi connectivity index (χ3n) is 2.46. The van der Waals surface area contributed by atoms with Crippen LogP contribution in [-0.4, -0.2) is 45.9 Å². The summed E-state index contributed by atoms with van der Waals surface area (Å²) in [5, 5.41) is 3.07. The molecule has 0 aromatic rings. The van der Waals surface area contributed by atoms with Gasteiger partial charge in [-0.1, -0.05) is 6.92 Å². The van der Waals surface area contributed by atoms with Gasteiger partial charge >= 0.3 is 0 Å². The van der Waals surface area contributed by atoms with Crippen LogP contribution in [0.3, 0.4) is 0 Å². The van der Waals surface area contributed by atoms with Crippen LogP contribution in [0.4, 0.5) is 0 Å². The quantitative estimate of drug-likeness (QED) is 0.571. The third-order valence-corrected chi connectivity index (χ3v) is 4.00. The van der Waals surface area contributed by atoms with E-state index >= 15 is 0 Å². The zero-order valence-electron chi connectivity index (χ0n) is 9.49. The molecular weight excluding hydrogens is 214 g/mol. The monoisotopic (exact) mass is 235 g/mol. The summed E-state index contributed by atoms with van der Waals surface area (Å²) in [5.41, 5.74) is 0. The Hall–Kier alpha value is -0.170. The summed E-state index contributed by atoms with van der Waals surface area (Å²) in [6.45, 7) is 4.63. The van der Waals surface area contributed by atoms with Gasteiger partial charge in [-0.15, -0.1) is 0 Å². The van der Waals surface area contributed by atoms with Crippen molar-refractivity contribution in [1.82, 2.24) is 14.3 Å². The lowest BCUT2D eigenvalue weighted by Crippen LogP contribution is -2.41. The van der Waals surface area contributed by atoms with E-state index < -0.39 is 10.2 Å². The molecule has 2 N–H and O–H groups in total. The van der Waals surface area contributed by atoms with Gasteiger partial charge in [0.05, 0.1) is 0 Å². The van der Waals surface area contributed by atoms with Gasteiger partial charge in [-0.05, 0) is 25.3 Å². The number of hydrogen-bond donors (Lipinski definition) is 2. The van der Waals surface area contributed by atoms with Crippen molar-refractivity contribution < 1.29 is 8.42 Å². The molecule has 5 nitrogen and oxygen atoms in total. The highest BCUT2D eigenvalue weighted by Gasteiger charge is 2.27. The molecule has 6 heteroatoms. The topological polar surface area (TPSA) is 61.4 Å². The summed E-state index contributed by atoms with van der Waals surface area (Å²) < 4.78 is 27.3. The summed E-state index contributed by atoms with van der Waals surface area (Å²) in [6, 6.07) is 0. The molecule has 0 heterocycles. The minimum Gasteiger partial charge on any atom is -0.316 e. The van der Waals surface area contributed by atoms with Crippen molar-refractivity contribution in [3.8, 4) is 0 Å². The van der Waals surface area contributed by atoms with Crippen LogP contribution >= 0.6 is 0 Å². The molecule has 90 valence electrons. The van der Waals surface area contributed by atoms with Crippen molar-refractivity contribution >= 4 is 10.2 Å². The standard InChI is InChI=1S/C9H21N3O2S/c1-3-10-6-7-11-15(13,14)12(2)8-9-4-5-9/h9-11H,3-8H2,1-2H3. The fourth-order valence-electron chi connectivity index (χ4n) is 1.32. The van der Waals surface area contributed by atoms with Crippen molar-refractivity contribution in [2.75, 3.05) is 33.2 Å². The normalized spacial score (nSPS) is 17.3. The summed E-state index contributed by atoms with van der Waals surface area (Å²) in [5.74, 6) is 0.584. The first kappa shape index (κ1) is 12.9. The maximum Gasteiger partial charge on any atom is 0.279 e. The fourth-order valence-corrected chi connectivity index (χ4v) is 2.30. The van der Waals surface area contributed by atoms with Crippen LogP contribution in [0.1, 0.15) is 19.8 Å². The number of nitrogens with zero attached hydrogens (tertiary/aromatic N) is 1. The van der Waals surface area contributed by atoms with Gasteiger partial charge in [0.15, 0.2) is 0 Å². The van der Waals surface area contributed by atoms with Gasteiger partial charge < -0.3 is 5.32 Å². The Balaban J connectivity index is 2.23. The van der Waals surface area contributed by atoms with Crippen LogP contribution in [-0.2, 0) is 10.2 Å². The van der Waals surface area contributed by atoms with Gasteiger partial charge in [0.25, 0.3) is 10.2 Å². The first-order valence-corrected chi connectivity index (χ1v) is 6.92. The molecule has 1 aliphatic rings. The average Bonchev–Trinajstić information content (AvgIpc) is 2.96. The number of likely N-dealkylation sites (N-methyl/N-ethyl adjacent to an activating group) is 1. The highest BCUT2D eigenvalue weighted by atomic mass is 32.2. The van der Waals surface area contributed by atoms with Crippen LogP contribution in [0.25, 0.3) is 0 Å². The van der Waals surface area contributed by atoms with Crippen molar-refractivity contribution in [3.05, 3.63) is 0 Å². The maximum atomic E-state index is 11.6. The van der Waals surface area contributed by atoms with Gasteiger partial charge in [-0.3, -0.25) is 0 Å². The number of hydrogen-bond acceptors (Lipinski definition) is 3. The highest BCUT2D eigenvalue weighted by Crippen LogP contribution is 2.29. The van der Waals surface area contributed by atoms with E-state index in [2.05, 4.69) is 10.0 Å². The van der Waals surface area contributed by atoms with Gasteiger partial charge in [0.1, 0.15) is 0 Å². The van der Waals surface area contributed by atoms with E-state index in [1.54, 1.807) is 7.05 Å². The second-order valence-corrected chi connectivity index (χ2v) is 5.84. The number of rotatable bonds is 8. The van der Waals surface area contributed by atoms with Crippen LogP contribution in [0.5, 0.6) is 0 Å². The van der Waals surface area contributed by atoms with E-state index in [0.717, 1.165) is 19.4 Å². The van der Waals surface area contributed by atoms with E-state index in [1.165, 1.54) is 4.31 Å². The summed E-state index contributed by atoms with van der Waals surface area (Å²) >= 11 is 0. The second kappa shape index (κ2) is 5.79. The van der Waals surface area contributed by atoms with Crippen molar-refractivity contribution in [1.29, 1.82) is 0 Å². The molecule has 0 bridgehead atoms. The van der Waals surface area contributed by atoms with Gasteiger partial charge in [0, 0.05) is 26.7 Å². The first-order valence-electron chi connectivity index (χ1n) is 5.48. The van der Waals surface area contributed by atoms with Crippen LogP contribution < -0.4 is 10.0 Å². The Morgan fingerprint density at radius 3 is 2.53 bits per heavy atom. The van der Waals surface area contributed by atoms with Crippen LogP contribution in [0.15, 0.2) is 0 Å². The molecule has 0 aromatic heterocycles. The Morgan fingerprint density at radius 2 is 2.00 bits per heavy atom. The summed E-state index contributed by atoms with van der Waals surface area (Å²) in [4.78, 5) is 0. The SMILES string of the molecule is CCNCCNS(=O)(=O)N(C)CC1CC1. The second-order valence-electron chi connectivity index (χ2n) is 3.98. The Kier molecular flexibility index (Phi) is 4.98. The molecular formula is C9H21N3O2S. The van der Waals surface area contributed by atoms with Crippen LogP contribution in [0.2, 0.25) is 0 Å². The zero-order chi connectivity index (χ0) is 11.3. The predicted octanol–water partition coefficient (Wildman–Crippen LogP) is -0.228. The van der Waals surface area contributed by atoms with E-state index in [1.807, 2.05) is 6.92 Å². The van der Waals surface area contributed by atoms with E-state index in [-0.39, 0.29) is 0 Å². The fraction of sp³-hybridized carbons (Fsp3) is 1.00. The molecule has 0 radical (unpaired) electrons. The molecule has 0 aliphatic heterocycles. The van der Waals surface area contributed by atoms with E-state index in [9.17, 15) is 8.42 Å². The lowest BCUT2D eigenvalue weighted by atomic mass is 10.4. The third kappa shape index (κ3) is 4.92. The minimum atomic E-state index is -3.25. The Labute approximate surface area is 92.4 Å². The zero-order valence-corrected chi connectivity index (χ0v) is 10.3. The molecule has 1 saturated carbocycles. The summed E-state index contributed by atoms with van der Waals surface area (Å²) in [6.07, 6.45) is 2.33. The van der Waals surface area contributed by atoms with Gasteiger partial charge in [0.2, 0.25) is 0 Å². The Bertz CT molecular complexity index is 275. The lowest BCUT2D eigenvalue weighted by Gasteiger charge is -2.17. The lowest BCUT2D eigenvalue weighted by molar-refractivity contribution is 0.442. The highest BCUT2D eigenvalue weighted by molar-refractivity contribution is 7.87. The minimum absolute atomic E-state index is 0.450. The molecule has 1 rings (SSSR count). The van der Waals surface area contributed by atoms with Crippen molar-refractivity contribution in [2.24, 2.45) is 5.92 Å². The van der Waals surface area contributed by atoms with E-state index in [0.29, 0.717) is 25.6 Å². The van der Waals surface area contributed by atoms with Crippen LogP contribution in [0, 0.1) is 5.92 Å². The predicted molar refractivity (Wildman–Crippen MR) is 60.8 cm³/mol. The Morgan fingerprint density at radius 1 is 1.33 bits per heavy atom. The largest absolute Gasteiger partial charge is 0.316 e. The average molecular weight is 235 g/mol. The molecule has 0 unspecified atom stereocenters. The van der Waals surface area contributed by atoms with Crippen molar-refractivity contribution in [3.63, 3.8) is 0 Å². The summed E-state index contributed by atoms with van der Waals surface area (Å²) in [7, 11) is -1.62. The molecule has 0 saturated heterocycles. The van der Waals surface area contributed by atoms with Crippen molar-refractivity contribution in [2.45, 2.75) is 19.8 Å². The smallest absolute Gasteiger partial charge is 0.279 e. The molecule has 1 aliphatic carbocycles. The molecule has 0 amide bonds. The van der Waals surface area contributed by atoms with Gasteiger partial charge in [-0.2, -0.15) is 12.7 Å². The first-order chi connectivity index (χ1) is 7.06. The number of nitrogens with one attached hydrogen (secondary N) is 2. The molecule has 15 heavy (non-hydrogen) atoms. The van der Waals surface area contributed by atoms with Gasteiger partial charge in [-0.25, -0.2) is 4.72 Å². The van der Waals surface area contributed by atoms with E-state index in [4.69, 9.17) is 0 Å².